The van der Waals surface area contributed by atoms with Gasteiger partial charge in [-0.3, -0.25) is 9.20 Å². The normalized spacial score (nSPS) is 12.7. The molecule has 0 aliphatic rings. The Bertz CT molecular complexity index is 718. The number of nitrogens with zero attached hydrogens (tertiary/aromatic N) is 2. The monoisotopic (exact) mass is 389 g/mol. The molecule has 26 heavy (non-hydrogen) atoms. The summed E-state index contributed by atoms with van der Waals surface area (Å²) in [6.07, 6.45) is 2.08. The fourth-order valence-corrected chi connectivity index (χ4v) is 3.84. The van der Waals surface area contributed by atoms with Crippen molar-refractivity contribution < 1.29 is 4.21 Å². The first-order valence-electron chi connectivity index (χ1n) is 8.69. The zero-order chi connectivity index (χ0) is 18.8. The molecule has 0 radical (unpaired) electrons. The quantitative estimate of drug-likeness (QED) is 0.426. The number of rotatable bonds is 8. The lowest BCUT2D eigenvalue weighted by molar-refractivity contribution is 0.477. The highest BCUT2D eigenvalue weighted by Crippen LogP contribution is 2.15. The lowest BCUT2D eigenvalue weighted by Crippen LogP contribution is -2.38. The first-order chi connectivity index (χ1) is 12.6. The van der Waals surface area contributed by atoms with E-state index in [1.165, 1.54) is 10.5 Å². The van der Waals surface area contributed by atoms with E-state index in [0.29, 0.717) is 12.3 Å². The van der Waals surface area contributed by atoms with Gasteiger partial charge in [0.2, 0.25) is 0 Å². The second-order valence-corrected chi connectivity index (χ2v) is 8.25. The van der Waals surface area contributed by atoms with Crippen molar-refractivity contribution in [3.05, 3.63) is 60.2 Å². The van der Waals surface area contributed by atoms with E-state index in [2.05, 4.69) is 52.7 Å². The highest BCUT2D eigenvalue weighted by molar-refractivity contribution is 7.98. The smallest absolute Gasteiger partial charge is 0.193 e. The van der Waals surface area contributed by atoms with Crippen molar-refractivity contribution in [2.75, 3.05) is 32.1 Å². The maximum atomic E-state index is 12.3. The summed E-state index contributed by atoms with van der Waals surface area (Å²) in [5, 5.41) is 3.31. The van der Waals surface area contributed by atoms with Crippen LogP contribution in [0.2, 0.25) is 0 Å². The first kappa shape index (κ1) is 20.5. The van der Waals surface area contributed by atoms with Crippen LogP contribution in [0.25, 0.3) is 0 Å². The van der Waals surface area contributed by atoms with E-state index in [1.54, 1.807) is 11.8 Å². The van der Waals surface area contributed by atoms with E-state index in [9.17, 15) is 4.21 Å². The van der Waals surface area contributed by atoms with Crippen LogP contribution in [0.1, 0.15) is 12.5 Å². The Kier molecular flexibility index (Phi) is 8.71. The van der Waals surface area contributed by atoms with Gasteiger partial charge in [-0.1, -0.05) is 30.3 Å². The van der Waals surface area contributed by atoms with Crippen molar-refractivity contribution in [1.29, 1.82) is 0 Å². The molecule has 0 fully saturated rings. The molecule has 140 valence electrons. The maximum Gasteiger partial charge on any atom is 0.193 e. The van der Waals surface area contributed by atoms with Crippen LogP contribution < -0.4 is 5.32 Å². The van der Waals surface area contributed by atoms with Gasteiger partial charge in [-0.05, 0) is 43.0 Å². The minimum absolute atomic E-state index is 0.523. The van der Waals surface area contributed by atoms with Gasteiger partial charge in [0.15, 0.2) is 5.96 Å². The zero-order valence-corrected chi connectivity index (χ0v) is 17.3. The number of nitrogens with one attached hydrogen (secondary N) is 1. The summed E-state index contributed by atoms with van der Waals surface area (Å²) < 4.78 is 12.3. The molecule has 1 unspecified atom stereocenters. The molecule has 0 amide bonds. The number of thioether (sulfide) groups is 1. The maximum absolute atomic E-state index is 12.3. The lowest BCUT2D eigenvalue weighted by Gasteiger charge is -2.22. The number of aliphatic imine (C=N–C) groups is 1. The van der Waals surface area contributed by atoms with Gasteiger partial charge in [0, 0.05) is 35.7 Å². The molecule has 0 bridgehead atoms. The van der Waals surface area contributed by atoms with E-state index in [-0.39, 0.29) is 0 Å². The Morgan fingerprint density at radius 2 is 1.85 bits per heavy atom. The average molecular weight is 390 g/mol. The third-order valence-corrected chi connectivity index (χ3v) is 5.91. The highest BCUT2D eigenvalue weighted by Gasteiger charge is 2.08. The predicted molar refractivity (Wildman–Crippen MR) is 113 cm³/mol. The molecule has 0 aliphatic heterocycles. The van der Waals surface area contributed by atoms with Crippen LogP contribution in [0, 0.1) is 0 Å². The summed E-state index contributed by atoms with van der Waals surface area (Å²) in [6, 6.07) is 18.1. The van der Waals surface area contributed by atoms with Gasteiger partial charge in [0.25, 0.3) is 0 Å². The van der Waals surface area contributed by atoms with E-state index in [0.717, 1.165) is 23.9 Å². The van der Waals surface area contributed by atoms with Crippen molar-refractivity contribution in [3.8, 4) is 0 Å². The zero-order valence-electron chi connectivity index (χ0n) is 15.6. The van der Waals surface area contributed by atoms with Gasteiger partial charge < -0.3 is 10.2 Å². The molecule has 0 saturated carbocycles. The van der Waals surface area contributed by atoms with Crippen molar-refractivity contribution in [1.82, 2.24) is 10.2 Å². The highest BCUT2D eigenvalue weighted by atomic mass is 32.2. The van der Waals surface area contributed by atoms with Gasteiger partial charge in [-0.2, -0.15) is 0 Å². The third-order valence-electron chi connectivity index (χ3n) is 3.82. The summed E-state index contributed by atoms with van der Waals surface area (Å²) in [4.78, 5) is 8.86. The van der Waals surface area contributed by atoms with Crippen LogP contribution in [-0.2, 0) is 17.3 Å². The fourth-order valence-electron chi connectivity index (χ4n) is 2.47. The van der Waals surface area contributed by atoms with Gasteiger partial charge >= 0.3 is 0 Å². The van der Waals surface area contributed by atoms with Crippen molar-refractivity contribution in [3.63, 3.8) is 0 Å². The second-order valence-electron chi connectivity index (χ2n) is 5.80. The molecule has 2 aromatic carbocycles. The first-order valence-corrected chi connectivity index (χ1v) is 11.2. The van der Waals surface area contributed by atoms with Crippen LogP contribution in [0.3, 0.4) is 0 Å². The van der Waals surface area contributed by atoms with E-state index >= 15 is 0 Å². The van der Waals surface area contributed by atoms with Crippen LogP contribution >= 0.6 is 11.8 Å². The van der Waals surface area contributed by atoms with E-state index in [1.807, 2.05) is 37.4 Å². The van der Waals surface area contributed by atoms with Crippen LogP contribution in [0.5, 0.6) is 0 Å². The summed E-state index contributed by atoms with van der Waals surface area (Å²) in [6.45, 7) is 4.16. The van der Waals surface area contributed by atoms with Crippen LogP contribution in [-0.4, -0.2) is 47.2 Å². The lowest BCUT2D eigenvalue weighted by atomic mass is 10.2. The summed E-state index contributed by atoms with van der Waals surface area (Å²) in [5.41, 5.74) is 1.24. The third kappa shape index (κ3) is 6.50. The summed E-state index contributed by atoms with van der Waals surface area (Å²) in [7, 11) is 1.01. The van der Waals surface area contributed by atoms with Crippen molar-refractivity contribution >= 4 is 28.5 Å². The van der Waals surface area contributed by atoms with Crippen LogP contribution in [0.15, 0.2) is 69.4 Å². The molecule has 1 N–H and O–H groups in total. The molecule has 2 rings (SSSR count). The molecular formula is C20H27N3OS2. The Morgan fingerprint density at radius 1 is 1.15 bits per heavy atom. The molecule has 6 heteroatoms. The van der Waals surface area contributed by atoms with Gasteiger partial charge in [0.1, 0.15) is 0 Å². The standard InChI is InChI=1S/C20H27N3OS2/c1-4-21-20(22-14-15-26(24)19-8-6-5-7-9-19)23(2)16-17-10-12-18(25-3)13-11-17/h5-13H,4,14-16H2,1-3H3,(H,21,22). The Balaban J connectivity index is 1.94. The van der Waals surface area contributed by atoms with Crippen molar-refractivity contribution in [2.24, 2.45) is 4.99 Å². The molecule has 0 heterocycles. The topological polar surface area (TPSA) is 44.7 Å². The minimum Gasteiger partial charge on any atom is -0.357 e. The average Bonchev–Trinajstić information content (AvgIpc) is 2.68. The number of hydrogen-bond donors (Lipinski definition) is 1. The number of guanidine groups is 1. The SMILES string of the molecule is CCNC(=NCCS(=O)c1ccccc1)N(C)Cc1ccc(SC)cc1. The molecule has 4 nitrogen and oxygen atoms in total. The molecule has 0 spiro atoms. The predicted octanol–water partition coefficient (Wildman–Crippen LogP) is 3.61. The Hall–Kier alpha value is -1.79. The minimum atomic E-state index is -1.01. The molecule has 0 aromatic heterocycles. The second kappa shape index (κ2) is 11.0. The van der Waals surface area contributed by atoms with Crippen LogP contribution in [0.4, 0.5) is 0 Å². The molecule has 0 saturated heterocycles. The molecular weight excluding hydrogens is 362 g/mol. The van der Waals surface area contributed by atoms with E-state index < -0.39 is 10.8 Å². The van der Waals surface area contributed by atoms with Crippen molar-refractivity contribution in [2.45, 2.75) is 23.3 Å². The largest absolute Gasteiger partial charge is 0.357 e. The number of benzene rings is 2. The summed E-state index contributed by atoms with van der Waals surface area (Å²) in [5.74, 6) is 1.36. The summed E-state index contributed by atoms with van der Waals surface area (Å²) >= 11 is 1.74. The van der Waals surface area contributed by atoms with Gasteiger partial charge in [0.05, 0.1) is 17.3 Å². The van der Waals surface area contributed by atoms with Gasteiger partial charge in [-0.25, -0.2) is 0 Å². The molecule has 0 aliphatic carbocycles. The van der Waals surface area contributed by atoms with Gasteiger partial charge in [-0.15, -0.1) is 11.8 Å². The number of hydrogen-bond acceptors (Lipinski definition) is 3. The molecule has 1 atom stereocenters. The fraction of sp³-hybridized carbons (Fsp3) is 0.350. The Morgan fingerprint density at radius 3 is 2.46 bits per heavy atom. The molecule has 2 aromatic rings. The van der Waals surface area contributed by atoms with E-state index in [4.69, 9.17) is 0 Å². The Labute approximate surface area is 163 Å².